The highest BCUT2D eigenvalue weighted by molar-refractivity contribution is 5.30. The number of nitrogens with zero attached hydrogens (tertiary/aromatic N) is 1. The van der Waals surface area contributed by atoms with Crippen LogP contribution < -0.4 is 5.73 Å². The molecular formula is C14H18N2O. The molecule has 1 unspecified atom stereocenters. The Kier molecular flexibility index (Phi) is 3.19. The highest BCUT2D eigenvalue weighted by Gasteiger charge is 2.45. The summed E-state index contributed by atoms with van der Waals surface area (Å²) in [7, 11) is 0. The van der Waals surface area contributed by atoms with Crippen molar-refractivity contribution in [3.05, 3.63) is 35.4 Å². The topological polar surface area (TPSA) is 59.0 Å². The number of hydrogen-bond donors (Lipinski definition) is 1. The van der Waals surface area contributed by atoms with Crippen molar-refractivity contribution in [3.63, 3.8) is 0 Å². The highest BCUT2D eigenvalue weighted by atomic mass is 16.5. The molecule has 0 aliphatic carbocycles. The van der Waals surface area contributed by atoms with Gasteiger partial charge in [-0.05, 0) is 17.0 Å². The zero-order chi connectivity index (χ0) is 12.5. The van der Waals surface area contributed by atoms with Crippen molar-refractivity contribution in [1.29, 1.82) is 5.26 Å². The Morgan fingerprint density at radius 3 is 2.12 bits per heavy atom. The Labute approximate surface area is 102 Å². The molecule has 1 aromatic carbocycles. The van der Waals surface area contributed by atoms with Crippen LogP contribution in [0.1, 0.15) is 36.9 Å². The molecule has 3 nitrogen and oxygen atoms in total. The van der Waals surface area contributed by atoms with Crippen molar-refractivity contribution >= 4 is 0 Å². The van der Waals surface area contributed by atoms with Gasteiger partial charge in [-0.3, -0.25) is 0 Å². The molecule has 1 aromatic rings. The summed E-state index contributed by atoms with van der Waals surface area (Å²) >= 11 is 0. The van der Waals surface area contributed by atoms with Crippen LogP contribution >= 0.6 is 0 Å². The molecule has 1 aliphatic rings. The summed E-state index contributed by atoms with van der Waals surface area (Å²) < 4.78 is 5.13. The minimum absolute atomic E-state index is 0.262. The van der Waals surface area contributed by atoms with Crippen LogP contribution in [0.25, 0.3) is 0 Å². The first-order chi connectivity index (χ1) is 8.09. The minimum atomic E-state index is -0.528. The third-order valence-electron chi connectivity index (χ3n) is 3.50. The van der Waals surface area contributed by atoms with Gasteiger partial charge in [0.25, 0.3) is 0 Å². The Hall–Kier alpha value is -1.37. The predicted molar refractivity (Wildman–Crippen MR) is 66.3 cm³/mol. The van der Waals surface area contributed by atoms with Gasteiger partial charge in [-0.2, -0.15) is 5.26 Å². The molecule has 0 saturated carbocycles. The van der Waals surface area contributed by atoms with Gasteiger partial charge in [0, 0.05) is 0 Å². The van der Waals surface area contributed by atoms with Crippen LogP contribution in [0.3, 0.4) is 0 Å². The van der Waals surface area contributed by atoms with E-state index in [1.165, 1.54) is 5.56 Å². The number of hydrogen-bond acceptors (Lipinski definition) is 3. The summed E-state index contributed by atoms with van der Waals surface area (Å²) in [6, 6.07) is 10.3. The second-order valence-corrected chi connectivity index (χ2v) is 5.06. The van der Waals surface area contributed by atoms with Crippen LogP contribution in [0.2, 0.25) is 0 Å². The number of rotatable bonds is 3. The maximum atomic E-state index is 9.20. The molecule has 17 heavy (non-hydrogen) atoms. The fraction of sp³-hybridized carbons (Fsp3) is 0.500. The maximum Gasteiger partial charge on any atom is 0.123 e. The summed E-state index contributed by atoms with van der Waals surface area (Å²) in [5, 5.41) is 9.20. The number of nitrogens with two attached hydrogens (primary N) is 1. The van der Waals surface area contributed by atoms with Crippen LogP contribution in [0.15, 0.2) is 24.3 Å². The molecule has 2 rings (SSSR count). The third-order valence-corrected chi connectivity index (χ3v) is 3.50. The lowest BCUT2D eigenvalue weighted by atomic mass is 9.77. The van der Waals surface area contributed by atoms with E-state index < -0.39 is 5.41 Å². The van der Waals surface area contributed by atoms with Crippen molar-refractivity contribution in [1.82, 2.24) is 0 Å². The van der Waals surface area contributed by atoms with Crippen LogP contribution in [0, 0.1) is 16.7 Å². The Morgan fingerprint density at radius 2 is 1.76 bits per heavy atom. The fourth-order valence-corrected chi connectivity index (χ4v) is 2.04. The van der Waals surface area contributed by atoms with Gasteiger partial charge in [0.05, 0.1) is 25.3 Å². The molecule has 1 saturated heterocycles. The molecular weight excluding hydrogens is 212 g/mol. The van der Waals surface area contributed by atoms with Crippen LogP contribution in [-0.4, -0.2) is 13.2 Å². The largest absolute Gasteiger partial charge is 0.378 e. The quantitative estimate of drug-likeness (QED) is 0.867. The smallest absolute Gasteiger partial charge is 0.123 e. The summed E-state index contributed by atoms with van der Waals surface area (Å²) in [6.45, 7) is 5.20. The van der Waals surface area contributed by atoms with Crippen molar-refractivity contribution in [2.45, 2.75) is 25.8 Å². The van der Waals surface area contributed by atoms with Gasteiger partial charge in [0.15, 0.2) is 0 Å². The van der Waals surface area contributed by atoms with Crippen molar-refractivity contribution < 1.29 is 4.74 Å². The molecule has 1 heterocycles. The highest BCUT2D eigenvalue weighted by Crippen LogP contribution is 2.38. The maximum absolute atomic E-state index is 9.20. The molecule has 0 bridgehead atoms. The molecule has 1 aliphatic heterocycles. The SMILES string of the molecule is CC(C)c1ccc(C(N)C2(C#N)COC2)cc1. The van der Waals surface area contributed by atoms with Gasteiger partial charge in [-0.15, -0.1) is 0 Å². The summed E-state index contributed by atoms with van der Waals surface area (Å²) in [5.41, 5.74) is 7.94. The van der Waals surface area contributed by atoms with Crippen LogP contribution in [-0.2, 0) is 4.74 Å². The molecule has 1 atom stereocenters. The standard InChI is InChI=1S/C14H18N2O/c1-10(2)11-3-5-12(6-4-11)13(16)14(7-15)8-17-9-14/h3-6,10,13H,8-9,16H2,1-2H3. The molecule has 0 spiro atoms. The Bertz CT molecular complexity index is 427. The molecule has 2 N–H and O–H groups in total. The van der Waals surface area contributed by atoms with Gasteiger partial charge >= 0.3 is 0 Å². The lowest BCUT2D eigenvalue weighted by Crippen LogP contribution is -2.49. The van der Waals surface area contributed by atoms with Crippen LogP contribution in [0.5, 0.6) is 0 Å². The van der Waals surface area contributed by atoms with Gasteiger partial charge in [0.2, 0.25) is 0 Å². The third kappa shape index (κ3) is 2.06. The van der Waals surface area contributed by atoms with Crippen molar-refractivity contribution in [2.75, 3.05) is 13.2 Å². The second kappa shape index (κ2) is 4.48. The summed E-state index contributed by atoms with van der Waals surface area (Å²) in [6.07, 6.45) is 0. The zero-order valence-electron chi connectivity index (χ0n) is 10.3. The molecule has 1 fully saturated rings. The zero-order valence-corrected chi connectivity index (χ0v) is 10.3. The normalized spacial score (nSPS) is 19.5. The predicted octanol–water partition coefficient (Wildman–Crippen LogP) is 2.35. The first-order valence-electron chi connectivity index (χ1n) is 5.93. The molecule has 90 valence electrons. The van der Waals surface area contributed by atoms with Gasteiger partial charge < -0.3 is 10.5 Å². The van der Waals surface area contributed by atoms with E-state index in [0.29, 0.717) is 19.1 Å². The minimum Gasteiger partial charge on any atom is -0.378 e. The van der Waals surface area contributed by atoms with E-state index in [1.54, 1.807) is 0 Å². The van der Waals surface area contributed by atoms with E-state index in [0.717, 1.165) is 5.56 Å². The molecule has 0 aromatic heterocycles. The monoisotopic (exact) mass is 230 g/mol. The average Bonchev–Trinajstić information content (AvgIpc) is 2.28. The van der Waals surface area contributed by atoms with E-state index >= 15 is 0 Å². The lowest BCUT2D eigenvalue weighted by molar-refractivity contribution is -0.0910. The van der Waals surface area contributed by atoms with Gasteiger partial charge in [0.1, 0.15) is 5.41 Å². The summed E-state index contributed by atoms with van der Waals surface area (Å²) in [5.74, 6) is 0.511. The molecule has 0 amide bonds. The molecule has 0 radical (unpaired) electrons. The first kappa shape index (κ1) is 12.1. The molecule has 3 heteroatoms. The summed E-state index contributed by atoms with van der Waals surface area (Å²) in [4.78, 5) is 0. The Balaban J connectivity index is 2.20. The van der Waals surface area contributed by atoms with Crippen molar-refractivity contribution in [2.24, 2.45) is 11.1 Å². The van der Waals surface area contributed by atoms with E-state index in [1.807, 2.05) is 12.1 Å². The first-order valence-corrected chi connectivity index (χ1v) is 5.93. The number of nitriles is 1. The number of benzene rings is 1. The van der Waals surface area contributed by atoms with E-state index in [9.17, 15) is 5.26 Å². The van der Waals surface area contributed by atoms with Crippen molar-refractivity contribution in [3.8, 4) is 6.07 Å². The average molecular weight is 230 g/mol. The van der Waals surface area contributed by atoms with Gasteiger partial charge in [-0.25, -0.2) is 0 Å². The fourth-order valence-electron chi connectivity index (χ4n) is 2.04. The lowest BCUT2D eigenvalue weighted by Gasteiger charge is -2.39. The van der Waals surface area contributed by atoms with E-state index in [-0.39, 0.29) is 6.04 Å². The second-order valence-electron chi connectivity index (χ2n) is 5.06. The van der Waals surface area contributed by atoms with Crippen LogP contribution in [0.4, 0.5) is 0 Å². The Morgan fingerprint density at radius 1 is 1.24 bits per heavy atom. The van der Waals surface area contributed by atoms with E-state index in [2.05, 4.69) is 32.0 Å². The van der Waals surface area contributed by atoms with Gasteiger partial charge in [-0.1, -0.05) is 38.1 Å². The number of ether oxygens (including phenoxy) is 1. The van der Waals surface area contributed by atoms with E-state index in [4.69, 9.17) is 10.5 Å².